The Bertz CT molecular complexity index is 3140. The van der Waals surface area contributed by atoms with Crippen LogP contribution in [0.3, 0.4) is 0 Å². The highest BCUT2D eigenvalue weighted by atomic mass is 15.1. The summed E-state index contributed by atoms with van der Waals surface area (Å²) in [6.07, 6.45) is 4.71. The molecule has 2 heteroatoms. The quantitative estimate of drug-likeness (QED) is 0.172. The highest BCUT2D eigenvalue weighted by Crippen LogP contribution is 2.52. The molecule has 0 fully saturated rings. The molecule has 0 aliphatic heterocycles. The predicted octanol–water partition coefficient (Wildman–Crippen LogP) is 14.8. The summed E-state index contributed by atoms with van der Waals surface area (Å²) in [7, 11) is 0. The van der Waals surface area contributed by atoms with E-state index in [0.29, 0.717) is 0 Å². The van der Waals surface area contributed by atoms with Crippen LogP contribution in [0.25, 0.3) is 82.4 Å². The van der Waals surface area contributed by atoms with Gasteiger partial charge in [-0.3, -0.25) is 0 Å². The third kappa shape index (κ3) is 4.75. The van der Waals surface area contributed by atoms with Crippen LogP contribution in [0.1, 0.15) is 24.0 Å². The molecule has 0 saturated carbocycles. The van der Waals surface area contributed by atoms with Crippen LogP contribution in [0.5, 0.6) is 0 Å². The van der Waals surface area contributed by atoms with Crippen molar-refractivity contribution in [2.75, 3.05) is 4.90 Å². The number of hydrogen-bond acceptors (Lipinski definition) is 1. The summed E-state index contributed by atoms with van der Waals surface area (Å²) in [6.45, 7) is 0. The van der Waals surface area contributed by atoms with Gasteiger partial charge in [-0.25, -0.2) is 0 Å². The van der Waals surface area contributed by atoms with E-state index < -0.39 is 0 Å². The van der Waals surface area contributed by atoms with Gasteiger partial charge in [-0.1, -0.05) is 109 Å². The smallest absolute Gasteiger partial charge is 0.0574 e. The van der Waals surface area contributed by atoms with Crippen LogP contribution in [0.2, 0.25) is 0 Å². The van der Waals surface area contributed by atoms with Crippen molar-refractivity contribution in [3.05, 3.63) is 193 Å². The van der Waals surface area contributed by atoms with E-state index in [0.717, 1.165) is 12.8 Å². The lowest BCUT2D eigenvalue weighted by atomic mass is 9.78. The van der Waals surface area contributed by atoms with Crippen molar-refractivity contribution in [2.24, 2.45) is 0 Å². The summed E-state index contributed by atoms with van der Waals surface area (Å²) in [5, 5.41) is 7.64. The maximum atomic E-state index is 2.53. The summed E-state index contributed by atoms with van der Waals surface area (Å²) in [5.74, 6) is 0. The van der Waals surface area contributed by atoms with Gasteiger partial charge in [-0.05, 0) is 159 Å². The standard InChI is InChI=1S/C54H38N2/c1-3-13-35(14-4-1)45-28-25-36-15-7-8-18-44(36)54(45)55(41-16-5-2-6-17-41)42-26-23-37-31-48-50(33-39(37)29-42)49-32-38-24-27-43(30-40(38)34-51(48)49)56-52-21-11-9-19-46(52)47-20-10-12-22-53(47)56/h1-6,9-14,16-17,19-34H,7-8,15,18H2. The average Bonchev–Trinajstić information content (AvgIpc) is 3.60. The fourth-order valence-corrected chi connectivity index (χ4v) is 9.78. The number of anilines is 3. The van der Waals surface area contributed by atoms with Gasteiger partial charge >= 0.3 is 0 Å². The first-order chi connectivity index (χ1) is 27.8. The van der Waals surface area contributed by atoms with E-state index in [9.17, 15) is 0 Å². The Hall–Kier alpha value is -6.90. The van der Waals surface area contributed by atoms with Gasteiger partial charge in [-0.2, -0.15) is 0 Å². The van der Waals surface area contributed by atoms with Crippen LogP contribution < -0.4 is 4.90 Å². The number of aryl methyl sites for hydroxylation is 1. The molecule has 0 unspecified atom stereocenters. The van der Waals surface area contributed by atoms with Crippen LogP contribution in [-0.4, -0.2) is 4.57 Å². The van der Waals surface area contributed by atoms with Gasteiger partial charge in [0.25, 0.3) is 0 Å². The minimum absolute atomic E-state index is 1.10. The van der Waals surface area contributed by atoms with Crippen molar-refractivity contribution in [1.29, 1.82) is 0 Å². The van der Waals surface area contributed by atoms with Crippen molar-refractivity contribution in [3.8, 4) is 39.1 Å². The van der Waals surface area contributed by atoms with E-state index in [1.54, 1.807) is 0 Å². The van der Waals surface area contributed by atoms with E-state index in [2.05, 4.69) is 191 Å². The molecule has 56 heavy (non-hydrogen) atoms. The molecule has 0 bridgehead atoms. The van der Waals surface area contributed by atoms with Gasteiger partial charge in [-0.15, -0.1) is 0 Å². The molecular formula is C54H38N2. The maximum Gasteiger partial charge on any atom is 0.0574 e. The van der Waals surface area contributed by atoms with Gasteiger partial charge in [0.2, 0.25) is 0 Å². The number of hydrogen-bond donors (Lipinski definition) is 0. The molecule has 0 atom stereocenters. The minimum atomic E-state index is 1.10. The van der Waals surface area contributed by atoms with Gasteiger partial charge in [0.05, 0.1) is 16.7 Å². The van der Waals surface area contributed by atoms with E-state index in [1.165, 1.54) is 123 Å². The highest BCUT2D eigenvalue weighted by molar-refractivity contribution is 6.13. The first-order valence-electron chi connectivity index (χ1n) is 20.0. The maximum absolute atomic E-state index is 2.53. The summed E-state index contributed by atoms with van der Waals surface area (Å²) in [4.78, 5) is 2.53. The van der Waals surface area contributed by atoms with E-state index in [4.69, 9.17) is 0 Å². The predicted molar refractivity (Wildman–Crippen MR) is 237 cm³/mol. The number of aromatic nitrogens is 1. The Morgan fingerprint density at radius 3 is 1.66 bits per heavy atom. The molecule has 0 radical (unpaired) electrons. The van der Waals surface area contributed by atoms with Crippen molar-refractivity contribution in [1.82, 2.24) is 4.57 Å². The van der Waals surface area contributed by atoms with Crippen molar-refractivity contribution in [3.63, 3.8) is 0 Å². The zero-order valence-corrected chi connectivity index (χ0v) is 31.0. The molecule has 0 saturated heterocycles. The molecule has 10 aromatic rings. The van der Waals surface area contributed by atoms with E-state index in [1.807, 2.05) is 0 Å². The number of para-hydroxylation sites is 3. The Balaban J connectivity index is 0.982. The molecule has 0 spiro atoms. The molecule has 2 aliphatic carbocycles. The van der Waals surface area contributed by atoms with Gasteiger partial charge < -0.3 is 9.47 Å². The lowest BCUT2D eigenvalue weighted by Gasteiger charge is -2.33. The van der Waals surface area contributed by atoms with Crippen LogP contribution in [0, 0.1) is 0 Å². The summed E-state index contributed by atoms with van der Waals surface area (Å²) in [5.41, 5.74) is 18.2. The molecule has 264 valence electrons. The second-order valence-corrected chi connectivity index (χ2v) is 15.6. The second-order valence-electron chi connectivity index (χ2n) is 15.6. The zero-order chi connectivity index (χ0) is 36.7. The lowest BCUT2D eigenvalue weighted by Crippen LogP contribution is -2.16. The van der Waals surface area contributed by atoms with Crippen LogP contribution in [-0.2, 0) is 12.8 Å². The van der Waals surface area contributed by atoms with Gasteiger partial charge in [0, 0.05) is 33.4 Å². The molecule has 0 N–H and O–H groups in total. The molecule has 0 amide bonds. The van der Waals surface area contributed by atoms with Crippen molar-refractivity contribution in [2.45, 2.75) is 25.7 Å². The first-order valence-corrected chi connectivity index (χ1v) is 20.0. The SMILES string of the molecule is c1ccc(-c2ccc3c(c2N(c2ccccc2)c2ccc4cc5c(cc4c2)-c2cc4ccc(-n6c7ccccc7c7ccccc76)cc4cc2-5)CCCC3)cc1. The molecular weight excluding hydrogens is 677 g/mol. The summed E-state index contributed by atoms with van der Waals surface area (Å²) in [6, 6.07) is 67.8. The molecule has 12 rings (SSSR count). The lowest BCUT2D eigenvalue weighted by molar-refractivity contribution is 0.686. The Labute approximate surface area is 326 Å². The normalized spacial score (nSPS) is 13.1. The zero-order valence-electron chi connectivity index (χ0n) is 31.0. The molecule has 2 aliphatic rings. The monoisotopic (exact) mass is 714 g/mol. The topological polar surface area (TPSA) is 8.17 Å². The molecule has 2 nitrogen and oxygen atoms in total. The van der Waals surface area contributed by atoms with Gasteiger partial charge in [0.1, 0.15) is 0 Å². The first kappa shape index (κ1) is 31.5. The summed E-state index contributed by atoms with van der Waals surface area (Å²) >= 11 is 0. The number of nitrogens with zero attached hydrogens (tertiary/aromatic N) is 2. The fourth-order valence-electron chi connectivity index (χ4n) is 9.78. The number of rotatable bonds is 5. The largest absolute Gasteiger partial charge is 0.310 e. The highest BCUT2D eigenvalue weighted by Gasteiger charge is 2.27. The van der Waals surface area contributed by atoms with Crippen LogP contribution in [0.15, 0.2) is 182 Å². The van der Waals surface area contributed by atoms with E-state index >= 15 is 0 Å². The minimum Gasteiger partial charge on any atom is -0.310 e. The summed E-state index contributed by atoms with van der Waals surface area (Å²) < 4.78 is 2.41. The number of fused-ring (bicyclic) bond motifs is 10. The van der Waals surface area contributed by atoms with Crippen molar-refractivity contribution < 1.29 is 0 Å². The second kappa shape index (κ2) is 12.3. The third-order valence-corrected chi connectivity index (χ3v) is 12.4. The van der Waals surface area contributed by atoms with Crippen LogP contribution >= 0.6 is 0 Å². The molecule has 9 aromatic carbocycles. The Morgan fingerprint density at radius 1 is 0.393 bits per heavy atom. The third-order valence-electron chi connectivity index (χ3n) is 12.4. The average molecular weight is 715 g/mol. The number of benzene rings is 9. The Kier molecular flexibility index (Phi) is 6.91. The fraction of sp³-hybridized carbons (Fsp3) is 0.0741. The van der Waals surface area contributed by atoms with Crippen LogP contribution in [0.4, 0.5) is 17.1 Å². The molecule has 1 heterocycles. The van der Waals surface area contributed by atoms with Gasteiger partial charge in [0.15, 0.2) is 0 Å². The Morgan fingerprint density at radius 2 is 0.964 bits per heavy atom. The van der Waals surface area contributed by atoms with Crippen molar-refractivity contribution >= 4 is 60.4 Å². The molecule has 1 aromatic heterocycles. The van der Waals surface area contributed by atoms with E-state index in [-0.39, 0.29) is 0 Å².